The molecule has 0 bridgehead atoms. The Hall–Kier alpha value is -0.460. The molecule has 118 valence electrons. The van der Waals surface area contributed by atoms with Crippen LogP contribution in [0.25, 0.3) is 0 Å². The van der Waals surface area contributed by atoms with Gasteiger partial charge in [-0.3, -0.25) is 5.32 Å². The highest BCUT2D eigenvalue weighted by Gasteiger charge is 2.35. The highest BCUT2D eigenvalue weighted by molar-refractivity contribution is 4.85. The second-order valence-electron chi connectivity index (χ2n) is 6.44. The summed E-state index contributed by atoms with van der Waals surface area (Å²) in [5, 5.41) is 31.2. The second kappa shape index (κ2) is 7.52. The topological polar surface area (TPSA) is 82.0 Å². The van der Waals surface area contributed by atoms with E-state index >= 15 is 0 Å². The van der Waals surface area contributed by atoms with Crippen LogP contribution >= 0.6 is 0 Å². The van der Waals surface area contributed by atoms with Gasteiger partial charge in [0.2, 0.25) is 0 Å². The summed E-state index contributed by atoms with van der Waals surface area (Å²) in [6, 6.07) is 0. The minimum Gasteiger partial charge on any atom is -0.394 e. The molecule has 0 aromatic carbocycles. The van der Waals surface area contributed by atoms with Crippen LogP contribution in [0.15, 0.2) is 12.7 Å². The Morgan fingerprint density at radius 1 is 1.55 bits per heavy atom. The van der Waals surface area contributed by atoms with Crippen LogP contribution in [0.2, 0.25) is 0 Å². The fourth-order valence-corrected chi connectivity index (χ4v) is 2.75. The highest BCUT2D eigenvalue weighted by Crippen LogP contribution is 2.37. The number of nitrogens with one attached hydrogen (secondary N) is 1. The lowest BCUT2D eigenvalue weighted by Gasteiger charge is -2.28. The predicted octanol–water partition coefficient (Wildman–Crippen LogP) is 1.14. The largest absolute Gasteiger partial charge is 0.394 e. The molecule has 0 aromatic rings. The van der Waals surface area contributed by atoms with Gasteiger partial charge in [0.15, 0.2) is 0 Å². The first-order chi connectivity index (χ1) is 9.30. The molecule has 0 saturated carbocycles. The van der Waals surface area contributed by atoms with Gasteiger partial charge in [-0.2, -0.15) is 0 Å². The van der Waals surface area contributed by atoms with Crippen LogP contribution in [-0.2, 0) is 4.74 Å². The van der Waals surface area contributed by atoms with Crippen LogP contribution in [0.3, 0.4) is 0 Å². The molecule has 0 radical (unpaired) electrons. The number of hydrogen-bond acceptors (Lipinski definition) is 5. The lowest BCUT2D eigenvalue weighted by molar-refractivity contribution is -0.0271. The lowest BCUT2D eigenvalue weighted by atomic mass is 9.82. The van der Waals surface area contributed by atoms with E-state index in [0.29, 0.717) is 13.0 Å². The summed E-state index contributed by atoms with van der Waals surface area (Å²) in [7, 11) is 0. The first kappa shape index (κ1) is 17.6. The third-order valence-corrected chi connectivity index (χ3v) is 3.97. The van der Waals surface area contributed by atoms with E-state index in [1.165, 1.54) is 6.08 Å². The van der Waals surface area contributed by atoms with Gasteiger partial charge >= 0.3 is 0 Å². The third kappa shape index (κ3) is 5.89. The molecule has 1 aliphatic heterocycles. The van der Waals surface area contributed by atoms with Gasteiger partial charge in [-0.1, -0.05) is 19.9 Å². The van der Waals surface area contributed by atoms with E-state index in [1.807, 2.05) is 0 Å². The summed E-state index contributed by atoms with van der Waals surface area (Å²) in [5.41, 5.74) is -0.957. The molecule has 0 aliphatic carbocycles. The van der Waals surface area contributed by atoms with Gasteiger partial charge in [0.1, 0.15) is 12.0 Å². The van der Waals surface area contributed by atoms with Crippen molar-refractivity contribution in [3.05, 3.63) is 12.7 Å². The maximum atomic E-state index is 10.1. The summed E-state index contributed by atoms with van der Waals surface area (Å²) in [4.78, 5) is 0. The number of ether oxygens (including phenoxy) is 1. The zero-order chi connectivity index (χ0) is 15.2. The molecule has 0 spiro atoms. The minimum absolute atomic E-state index is 0.0208. The molecular formula is C15H29NO4. The van der Waals surface area contributed by atoms with E-state index in [0.717, 1.165) is 25.7 Å². The van der Waals surface area contributed by atoms with Crippen molar-refractivity contribution >= 4 is 0 Å². The normalized spacial score (nSPS) is 30.9. The summed E-state index contributed by atoms with van der Waals surface area (Å²) < 4.78 is 5.53. The van der Waals surface area contributed by atoms with Crippen LogP contribution in [0.5, 0.6) is 0 Å². The lowest BCUT2D eigenvalue weighted by Crippen LogP contribution is -2.47. The second-order valence-corrected chi connectivity index (χ2v) is 6.44. The van der Waals surface area contributed by atoms with Crippen LogP contribution < -0.4 is 5.32 Å². The monoisotopic (exact) mass is 287 g/mol. The van der Waals surface area contributed by atoms with Gasteiger partial charge in [0, 0.05) is 0 Å². The molecule has 1 fully saturated rings. The zero-order valence-corrected chi connectivity index (χ0v) is 12.6. The molecule has 20 heavy (non-hydrogen) atoms. The van der Waals surface area contributed by atoms with Crippen LogP contribution in [0.1, 0.15) is 46.0 Å². The maximum absolute atomic E-state index is 10.1. The molecule has 1 aliphatic rings. The van der Waals surface area contributed by atoms with E-state index in [4.69, 9.17) is 9.84 Å². The van der Waals surface area contributed by atoms with Gasteiger partial charge in [0.25, 0.3) is 0 Å². The smallest absolute Gasteiger partial charge is 0.125 e. The molecule has 4 N–H and O–H groups in total. The van der Waals surface area contributed by atoms with Crippen molar-refractivity contribution in [1.82, 2.24) is 5.32 Å². The first-order valence-corrected chi connectivity index (χ1v) is 7.33. The molecule has 1 rings (SSSR count). The quantitative estimate of drug-likeness (QED) is 0.290. The molecule has 1 heterocycles. The average Bonchev–Trinajstić information content (AvgIpc) is 2.76. The standard InChI is InChI=1S/C15H29NO4/c1-4-13(18)16-15(3,19)8-6-5-7-14(2)9-12(10-17)20-11-14/h4,12-13,16-19H,1,5-11H2,2-3H3. The summed E-state index contributed by atoms with van der Waals surface area (Å²) in [5.74, 6) is 0. The van der Waals surface area contributed by atoms with E-state index in [2.05, 4.69) is 18.8 Å². The van der Waals surface area contributed by atoms with Gasteiger partial charge in [-0.15, -0.1) is 0 Å². The van der Waals surface area contributed by atoms with Crippen molar-refractivity contribution in [2.24, 2.45) is 5.41 Å². The Balaban J connectivity index is 2.23. The maximum Gasteiger partial charge on any atom is 0.125 e. The predicted molar refractivity (Wildman–Crippen MR) is 78.0 cm³/mol. The SMILES string of the molecule is C=CC(O)NC(C)(O)CCCCC1(C)COC(CO)C1. The minimum atomic E-state index is -1.09. The van der Waals surface area contributed by atoms with E-state index in [9.17, 15) is 10.2 Å². The molecule has 0 aromatic heterocycles. The van der Waals surface area contributed by atoms with Gasteiger partial charge in [0.05, 0.1) is 19.3 Å². The van der Waals surface area contributed by atoms with Gasteiger partial charge < -0.3 is 20.1 Å². The molecule has 0 amide bonds. The summed E-state index contributed by atoms with van der Waals surface area (Å²) >= 11 is 0. The Bertz CT molecular complexity index is 308. The van der Waals surface area contributed by atoms with Crippen molar-refractivity contribution in [3.8, 4) is 0 Å². The number of aliphatic hydroxyl groups is 3. The van der Waals surface area contributed by atoms with Crippen molar-refractivity contribution < 1.29 is 20.1 Å². The first-order valence-electron chi connectivity index (χ1n) is 7.33. The Kier molecular flexibility index (Phi) is 6.61. The number of hydrogen-bond donors (Lipinski definition) is 4. The molecule has 1 saturated heterocycles. The van der Waals surface area contributed by atoms with Crippen molar-refractivity contribution in [2.45, 2.75) is 64.0 Å². The van der Waals surface area contributed by atoms with Crippen LogP contribution in [0.4, 0.5) is 0 Å². The Morgan fingerprint density at radius 3 is 2.80 bits per heavy atom. The van der Waals surface area contributed by atoms with E-state index in [-0.39, 0.29) is 18.1 Å². The summed E-state index contributed by atoms with van der Waals surface area (Å²) in [6.45, 7) is 8.08. The van der Waals surface area contributed by atoms with Crippen molar-refractivity contribution in [1.29, 1.82) is 0 Å². The number of rotatable bonds is 9. The van der Waals surface area contributed by atoms with Crippen molar-refractivity contribution in [3.63, 3.8) is 0 Å². The molecule has 5 nitrogen and oxygen atoms in total. The Labute approximate surface area is 121 Å². The van der Waals surface area contributed by atoms with Crippen LogP contribution in [-0.4, -0.2) is 46.6 Å². The fraction of sp³-hybridized carbons (Fsp3) is 0.867. The highest BCUT2D eigenvalue weighted by atomic mass is 16.5. The summed E-state index contributed by atoms with van der Waals surface area (Å²) in [6.07, 6.45) is 4.77. The molecule has 4 atom stereocenters. The van der Waals surface area contributed by atoms with Crippen LogP contribution in [0, 0.1) is 5.41 Å². The van der Waals surface area contributed by atoms with E-state index in [1.54, 1.807) is 6.92 Å². The third-order valence-electron chi connectivity index (χ3n) is 3.97. The van der Waals surface area contributed by atoms with Crippen molar-refractivity contribution in [2.75, 3.05) is 13.2 Å². The van der Waals surface area contributed by atoms with Gasteiger partial charge in [-0.05, 0) is 44.1 Å². The van der Waals surface area contributed by atoms with E-state index < -0.39 is 12.0 Å². The molecule has 5 heteroatoms. The number of unbranched alkanes of at least 4 members (excludes halogenated alkanes) is 1. The number of aliphatic hydroxyl groups excluding tert-OH is 2. The Morgan fingerprint density at radius 2 is 2.25 bits per heavy atom. The average molecular weight is 287 g/mol. The molecule has 4 unspecified atom stereocenters. The zero-order valence-electron chi connectivity index (χ0n) is 12.6. The van der Waals surface area contributed by atoms with Gasteiger partial charge in [-0.25, -0.2) is 0 Å². The molecular weight excluding hydrogens is 258 g/mol. The fourth-order valence-electron chi connectivity index (χ4n) is 2.75.